The van der Waals surface area contributed by atoms with Crippen molar-refractivity contribution in [1.29, 1.82) is 0 Å². The minimum absolute atomic E-state index is 0.124. The number of carbonyl (C=O) groups is 1. The van der Waals surface area contributed by atoms with E-state index in [4.69, 9.17) is 0 Å². The average molecular weight is 347 g/mol. The third-order valence-electron chi connectivity index (χ3n) is 3.01. The molecule has 0 fully saturated rings. The third kappa shape index (κ3) is 4.12. The zero-order valence-corrected chi connectivity index (χ0v) is 12.4. The van der Waals surface area contributed by atoms with Crippen molar-refractivity contribution in [3.05, 3.63) is 46.4 Å². The molecule has 1 heterocycles. The van der Waals surface area contributed by atoms with Crippen LogP contribution < -0.4 is 16.3 Å². The number of nitrogens with zero attached hydrogens (tertiary/aromatic N) is 3. The quantitative estimate of drug-likeness (QED) is 0.824. The van der Waals surface area contributed by atoms with Crippen LogP contribution in [-0.4, -0.2) is 26.9 Å². The van der Waals surface area contributed by atoms with Crippen LogP contribution in [0.15, 0.2) is 29.1 Å². The number of halogens is 4. The van der Waals surface area contributed by atoms with Gasteiger partial charge < -0.3 is 10.6 Å². The number of rotatable bonds is 4. The summed E-state index contributed by atoms with van der Waals surface area (Å²) in [6.07, 6.45) is -4.74. The molecular weight excluding hydrogens is 334 g/mol. The van der Waals surface area contributed by atoms with Crippen molar-refractivity contribution in [3.63, 3.8) is 0 Å². The van der Waals surface area contributed by atoms with Gasteiger partial charge >= 0.3 is 17.9 Å². The predicted molar refractivity (Wildman–Crippen MR) is 75.9 cm³/mol. The van der Waals surface area contributed by atoms with Gasteiger partial charge in [0.2, 0.25) is 5.82 Å². The molecule has 0 aliphatic carbocycles. The predicted octanol–water partition coefficient (Wildman–Crippen LogP) is 1.56. The lowest BCUT2D eigenvalue weighted by atomic mass is 10.3. The van der Waals surface area contributed by atoms with Gasteiger partial charge in [0, 0.05) is 19.3 Å². The normalized spacial score (nSPS) is 11.4. The molecule has 0 radical (unpaired) electrons. The Kier molecular flexibility index (Phi) is 4.90. The topological polar surface area (TPSA) is 81.0 Å². The number of hydrogen-bond donors (Lipinski definition) is 2. The summed E-state index contributed by atoms with van der Waals surface area (Å²) >= 11 is 0. The monoisotopic (exact) mass is 347 g/mol. The molecule has 1 aromatic heterocycles. The first-order valence-electron chi connectivity index (χ1n) is 6.70. The summed E-state index contributed by atoms with van der Waals surface area (Å²) in [5.74, 6) is -1.78. The van der Waals surface area contributed by atoms with Gasteiger partial charge in [-0.2, -0.15) is 13.2 Å². The molecule has 0 aliphatic rings. The van der Waals surface area contributed by atoms with Crippen LogP contribution in [0.1, 0.15) is 5.82 Å². The van der Waals surface area contributed by atoms with Crippen LogP contribution in [0.5, 0.6) is 0 Å². The largest absolute Gasteiger partial charge is 0.451 e. The second-order valence-electron chi connectivity index (χ2n) is 4.77. The highest BCUT2D eigenvalue weighted by Crippen LogP contribution is 2.25. The van der Waals surface area contributed by atoms with Gasteiger partial charge in [0.25, 0.3) is 0 Å². The molecule has 2 amide bonds. The maximum absolute atomic E-state index is 12.7. The lowest BCUT2D eigenvalue weighted by Gasteiger charge is -2.07. The second-order valence-corrected chi connectivity index (χ2v) is 4.77. The molecule has 0 saturated carbocycles. The minimum atomic E-state index is -4.74. The number of benzene rings is 1. The number of alkyl halides is 3. The summed E-state index contributed by atoms with van der Waals surface area (Å²) in [4.78, 5) is 23.2. The molecule has 0 unspecified atom stereocenters. The fraction of sp³-hybridized carbons (Fsp3) is 0.308. The first-order valence-corrected chi connectivity index (χ1v) is 6.70. The molecule has 0 atom stereocenters. The van der Waals surface area contributed by atoms with Crippen LogP contribution in [-0.2, 0) is 19.8 Å². The number of aromatic nitrogens is 3. The Morgan fingerprint density at radius 3 is 2.42 bits per heavy atom. The molecule has 7 nitrogen and oxygen atoms in total. The first kappa shape index (κ1) is 17.5. The first-order chi connectivity index (χ1) is 11.2. The second kappa shape index (κ2) is 6.72. The molecule has 11 heteroatoms. The van der Waals surface area contributed by atoms with Gasteiger partial charge in [0.15, 0.2) is 0 Å². The summed E-state index contributed by atoms with van der Waals surface area (Å²) in [7, 11) is 0.962. The Balaban J connectivity index is 1.91. The number of hydrogen-bond acceptors (Lipinski definition) is 3. The van der Waals surface area contributed by atoms with Crippen molar-refractivity contribution < 1.29 is 22.4 Å². The highest BCUT2D eigenvalue weighted by atomic mass is 19.4. The molecule has 1 aromatic carbocycles. The lowest BCUT2D eigenvalue weighted by molar-refractivity contribution is -0.147. The van der Waals surface area contributed by atoms with Gasteiger partial charge in [-0.3, -0.25) is 4.57 Å². The Morgan fingerprint density at radius 2 is 1.88 bits per heavy atom. The average Bonchev–Trinajstić information content (AvgIpc) is 2.78. The molecule has 2 aromatic rings. The number of anilines is 1. The molecule has 0 saturated heterocycles. The van der Waals surface area contributed by atoms with Crippen LogP contribution in [0.4, 0.5) is 28.0 Å². The third-order valence-corrected chi connectivity index (χ3v) is 3.01. The fourth-order valence-corrected chi connectivity index (χ4v) is 1.86. The molecule has 0 spiro atoms. The van der Waals surface area contributed by atoms with Crippen LogP contribution in [0.2, 0.25) is 0 Å². The SMILES string of the molecule is Cn1c(C(F)(F)F)nn(CCNC(=O)Nc2ccc(F)cc2)c1=O. The summed E-state index contributed by atoms with van der Waals surface area (Å²) in [6, 6.07) is 4.34. The van der Waals surface area contributed by atoms with E-state index < -0.39 is 29.5 Å². The van der Waals surface area contributed by atoms with Gasteiger partial charge in [-0.05, 0) is 24.3 Å². The van der Waals surface area contributed by atoms with Crippen molar-refractivity contribution in [1.82, 2.24) is 19.7 Å². The van der Waals surface area contributed by atoms with Crippen LogP contribution in [0.3, 0.4) is 0 Å². The van der Waals surface area contributed by atoms with Gasteiger partial charge in [-0.25, -0.2) is 18.7 Å². The molecule has 2 rings (SSSR count). The van der Waals surface area contributed by atoms with E-state index in [-0.39, 0.29) is 13.1 Å². The standard InChI is InChI=1S/C13H13F4N5O2/c1-21-10(13(15,16)17)20-22(12(21)24)7-6-18-11(23)19-9-4-2-8(14)3-5-9/h2-5H,6-7H2,1H3,(H2,18,19,23). The molecule has 2 N–H and O–H groups in total. The summed E-state index contributed by atoms with van der Waals surface area (Å²) in [6.45, 7) is -0.360. The summed E-state index contributed by atoms with van der Waals surface area (Å²) in [5.41, 5.74) is -0.605. The van der Waals surface area contributed by atoms with E-state index in [1.54, 1.807) is 0 Å². The van der Waals surface area contributed by atoms with E-state index in [1.807, 2.05) is 0 Å². The Hall–Kier alpha value is -2.85. The minimum Gasteiger partial charge on any atom is -0.336 e. The fourth-order valence-electron chi connectivity index (χ4n) is 1.86. The molecule has 0 bridgehead atoms. The maximum Gasteiger partial charge on any atom is 0.451 e. The Bertz CT molecular complexity index is 779. The van der Waals surface area contributed by atoms with Crippen LogP contribution >= 0.6 is 0 Å². The Labute approximate surface area is 132 Å². The van der Waals surface area contributed by atoms with Crippen molar-refractivity contribution in [2.45, 2.75) is 12.7 Å². The molecular formula is C13H13F4N5O2. The lowest BCUT2D eigenvalue weighted by Crippen LogP contribution is -2.34. The number of urea groups is 1. The number of nitrogens with one attached hydrogen (secondary N) is 2. The van der Waals surface area contributed by atoms with E-state index in [2.05, 4.69) is 15.7 Å². The van der Waals surface area contributed by atoms with E-state index in [0.717, 1.165) is 19.2 Å². The van der Waals surface area contributed by atoms with E-state index in [9.17, 15) is 27.2 Å². The summed E-state index contributed by atoms with van der Waals surface area (Å²) in [5, 5.41) is 7.96. The summed E-state index contributed by atoms with van der Waals surface area (Å²) < 4.78 is 51.6. The van der Waals surface area contributed by atoms with Gasteiger partial charge in [-0.1, -0.05) is 0 Å². The van der Waals surface area contributed by atoms with Crippen molar-refractivity contribution in [3.8, 4) is 0 Å². The highest BCUT2D eigenvalue weighted by Gasteiger charge is 2.37. The van der Waals surface area contributed by atoms with E-state index in [1.165, 1.54) is 12.1 Å². The van der Waals surface area contributed by atoms with Crippen molar-refractivity contribution in [2.24, 2.45) is 7.05 Å². The smallest absolute Gasteiger partial charge is 0.336 e. The van der Waals surface area contributed by atoms with Gasteiger partial charge in [0.05, 0.1) is 6.54 Å². The van der Waals surface area contributed by atoms with E-state index in [0.29, 0.717) is 14.9 Å². The van der Waals surface area contributed by atoms with E-state index >= 15 is 0 Å². The number of amides is 2. The van der Waals surface area contributed by atoms with Gasteiger partial charge in [0.1, 0.15) is 5.82 Å². The molecule has 130 valence electrons. The highest BCUT2D eigenvalue weighted by molar-refractivity contribution is 5.89. The van der Waals surface area contributed by atoms with Crippen LogP contribution in [0.25, 0.3) is 0 Å². The maximum atomic E-state index is 12.7. The van der Waals surface area contributed by atoms with Gasteiger partial charge in [-0.15, -0.1) is 5.10 Å². The van der Waals surface area contributed by atoms with Crippen molar-refractivity contribution in [2.75, 3.05) is 11.9 Å². The zero-order valence-electron chi connectivity index (χ0n) is 12.4. The number of carbonyl (C=O) groups excluding carboxylic acids is 1. The molecule has 24 heavy (non-hydrogen) atoms. The Morgan fingerprint density at radius 1 is 1.25 bits per heavy atom. The zero-order chi connectivity index (χ0) is 17.9. The molecule has 0 aliphatic heterocycles. The van der Waals surface area contributed by atoms with Crippen LogP contribution in [0, 0.1) is 5.82 Å². The van der Waals surface area contributed by atoms with Crippen molar-refractivity contribution >= 4 is 11.7 Å².